The van der Waals surface area contributed by atoms with Crippen LogP contribution in [0.25, 0.3) is 5.57 Å². The van der Waals surface area contributed by atoms with Gasteiger partial charge >= 0.3 is 6.97 Å². The zero-order valence-corrected chi connectivity index (χ0v) is 24.8. The Balaban J connectivity index is 1.59. The van der Waals surface area contributed by atoms with Crippen molar-refractivity contribution in [2.45, 2.75) is 74.7 Å². The molecule has 0 radical (unpaired) electrons. The van der Waals surface area contributed by atoms with E-state index in [1.54, 1.807) is 0 Å². The zero-order chi connectivity index (χ0) is 29.1. The monoisotopic (exact) mass is 541 g/mol. The molecule has 0 saturated carbocycles. The summed E-state index contributed by atoms with van der Waals surface area (Å²) in [6.07, 6.45) is 7.48. The molecular weight excluding hydrogens is 503 g/mol. The van der Waals surface area contributed by atoms with Crippen LogP contribution in [0.4, 0.5) is 14.3 Å². The average Bonchev–Trinajstić information content (AvgIpc) is 3.58. The van der Waals surface area contributed by atoms with Crippen molar-refractivity contribution in [2.24, 2.45) is 5.41 Å². The molecular formula is C33H38BF2N3O. The van der Waals surface area contributed by atoms with Gasteiger partial charge in [-0.3, -0.25) is 4.79 Å². The molecule has 2 aliphatic heterocycles. The van der Waals surface area contributed by atoms with Crippen LogP contribution >= 0.6 is 0 Å². The Bertz CT molecular complexity index is 1640. The molecule has 2 aromatic rings. The molecule has 0 spiro atoms. The van der Waals surface area contributed by atoms with E-state index in [-0.39, 0.29) is 11.3 Å². The first-order chi connectivity index (χ1) is 18.8. The Morgan fingerprint density at radius 2 is 1.75 bits per heavy atom. The van der Waals surface area contributed by atoms with Gasteiger partial charge in [-0.1, -0.05) is 52.0 Å². The van der Waals surface area contributed by atoms with Gasteiger partial charge < -0.3 is 22.9 Å². The molecule has 0 fully saturated rings. The van der Waals surface area contributed by atoms with Crippen LogP contribution in [0, 0.1) is 19.3 Å². The number of carbonyl (C=O) groups is 1. The third kappa shape index (κ3) is 4.10. The number of allylic oxidation sites excluding steroid dienone is 5. The molecule has 7 heteroatoms. The van der Waals surface area contributed by atoms with Crippen molar-refractivity contribution in [2.75, 3.05) is 5.32 Å². The molecule has 0 bridgehead atoms. The second-order valence-corrected chi connectivity index (χ2v) is 11.8. The second kappa shape index (κ2) is 9.74. The quantitative estimate of drug-likeness (QED) is 0.281. The van der Waals surface area contributed by atoms with E-state index in [1.807, 2.05) is 97.9 Å². The van der Waals surface area contributed by atoms with Gasteiger partial charge in [0.15, 0.2) is 5.70 Å². The summed E-state index contributed by atoms with van der Waals surface area (Å²) in [4.78, 5) is 12.9. The fraction of sp³-hybridized carbons (Fsp3) is 0.364. The largest absolute Gasteiger partial charge is 0.737 e. The fourth-order valence-corrected chi connectivity index (χ4v) is 6.93. The van der Waals surface area contributed by atoms with Crippen molar-refractivity contribution in [3.8, 4) is 0 Å². The van der Waals surface area contributed by atoms with Crippen LogP contribution < -0.4 is 5.32 Å². The summed E-state index contributed by atoms with van der Waals surface area (Å²) >= 11 is 0. The Kier molecular flexibility index (Phi) is 6.78. The zero-order valence-electron chi connectivity index (χ0n) is 24.8. The van der Waals surface area contributed by atoms with E-state index in [1.165, 1.54) is 8.96 Å². The van der Waals surface area contributed by atoms with Gasteiger partial charge in [0.2, 0.25) is 5.91 Å². The number of aromatic nitrogens is 1. The first-order valence-electron chi connectivity index (χ1n) is 14.2. The molecule has 0 atom stereocenters. The molecule has 1 aromatic carbocycles. The number of carbonyl (C=O) groups excluding carboxylic acids is 1. The minimum absolute atomic E-state index is 0.0825. The smallest absolute Gasteiger partial charge is 0.393 e. The maximum atomic E-state index is 16.4. The predicted octanol–water partition coefficient (Wildman–Crippen LogP) is 7.88. The Hall–Kier alpha value is -3.70. The number of fused-ring (bicyclic) bond motifs is 2. The van der Waals surface area contributed by atoms with Crippen molar-refractivity contribution in [1.82, 2.24) is 4.48 Å². The van der Waals surface area contributed by atoms with Gasteiger partial charge in [0, 0.05) is 46.9 Å². The SMILES string of the molecule is CCC1=C(C)C2=C(c3ccc(NC(=O)CC(C)(C)C4=C=CC=C4)cc3)c3c(C)c(CC)c(C)n3[B-](F)(F)[N+]2=C1C. The molecule has 5 rings (SSSR count). The number of hydrogen-bond acceptors (Lipinski definition) is 1. The number of halogens is 2. The van der Waals surface area contributed by atoms with Crippen molar-refractivity contribution < 1.29 is 17.9 Å². The first kappa shape index (κ1) is 27.9. The molecule has 208 valence electrons. The Labute approximate surface area is 236 Å². The van der Waals surface area contributed by atoms with Crippen molar-refractivity contribution in [3.63, 3.8) is 0 Å². The van der Waals surface area contributed by atoms with Crippen LogP contribution in [0.1, 0.15) is 82.5 Å². The Morgan fingerprint density at radius 3 is 2.33 bits per heavy atom. The average molecular weight is 541 g/mol. The number of hydrogen-bond donors (Lipinski definition) is 1. The highest BCUT2D eigenvalue weighted by molar-refractivity contribution is 6.58. The van der Waals surface area contributed by atoms with Gasteiger partial charge in [-0.05, 0) is 74.2 Å². The van der Waals surface area contributed by atoms with Gasteiger partial charge in [-0.25, -0.2) is 0 Å². The normalized spacial score (nSPS) is 17.6. The third-order valence-electron chi connectivity index (χ3n) is 8.88. The molecule has 4 nitrogen and oxygen atoms in total. The lowest BCUT2D eigenvalue weighted by Crippen LogP contribution is -2.51. The minimum atomic E-state index is -4.06. The van der Waals surface area contributed by atoms with E-state index in [2.05, 4.69) is 11.0 Å². The lowest BCUT2D eigenvalue weighted by atomic mass is 9.81. The lowest BCUT2D eigenvalue weighted by molar-refractivity contribution is -0.363. The molecule has 0 unspecified atom stereocenters. The van der Waals surface area contributed by atoms with Crippen LogP contribution in [0.2, 0.25) is 0 Å². The summed E-state index contributed by atoms with van der Waals surface area (Å²) in [5.74, 6) is -0.0825. The van der Waals surface area contributed by atoms with Crippen LogP contribution in [0.3, 0.4) is 0 Å². The molecule has 3 aliphatic rings. The van der Waals surface area contributed by atoms with E-state index in [9.17, 15) is 4.79 Å². The van der Waals surface area contributed by atoms with Crippen LogP contribution in [-0.2, 0) is 11.2 Å². The highest BCUT2D eigenvalue weighted by atomic mass is 19.2. The summed E-state index contributed by atoms with van der Waals surface area (Å²) in [5.41, 5.74) is 12.4. The molecule has 0 saturated heterocycles. The summed E-state index contributed by atoms with van der Waals surface area (Å²) < 4.78 is 35.4. The van der Waals surface area contributed by atoms with Crippen LogP contribution in [0.5, 0.6) is 0 Å². The van der Waals surface area contributed by atoms with Gasteiger partial charge in [0.1, 0.15) is 5.71 Å². The highest BCUT2D eigenvalue weighted by Crippen LogP contribution is 2.47. The third-order valence-corrected chi connectivity index (χ3v) is 8.88. The van der Waals surface area contributed by atoms with Gasteiger partial charge in [0.25, 0.3) is 0 Å². The highest BCUT2D eigenvalue weighted by Gasteiger charge is 2.56. The van der Waals surface area contributed by atoms with Crippen molar-refractivity contribution in [3.05, 3.63) is 98.7 Å². The van der Waals surface area contributed by atoms with Gasteiger partial charge in [-0.2, -0.15) is 0 Å². The van der Waals surface area contributed by atoms with Crippen molar-refractivity contribution in [1.29, 1.82) is 0 Å². The van der Waals surface area contributed by atoms with Crippen molar-refractivity contribution >= 4 is 29.8 Å². The topological polar surface area (TPSA) is 37.0 Å². The van der Waals surface area contributed by atoms with E-state index in [0.717, 1.165) is 39.0 Å². The van der Waals surface area contributed by atoms with Crippen LogP contribution in [0.15, 0.2) is 70.6 Å². The number of nitrogens with one attached hydrogen (secondary N) is 1. The lowest BCUT2D eigenvalue weighted by Gasteiger charge is -2.34. The number of rotatable bonds is 7. The standard InChI is InChI=1S/C33H38BF2N3O/c1-9-27-20(3)31-30(32-21(4)28(10-2)23(6)39(32)34(35,36)38(31)22(27)5)24-15-17-26(18-16-24)37-29(40)19-33(7,8)25-13-11-12-14-25/h11-13,15-18H,9-10,19H2,1-8H3,(H,37,40). The number of amides is 1. The van der Waals surface area contributed by atoms with E-state index >= 15 is 8.63 Å². The summed E-state index contributed by atoms with van der Waals surface area (Å²) in [7, 11) is 0. The minimum Gasteiger partial charge on any atom is -0.393 e. The van der Waals surface area contributed by atoms with E-state index < -0.39 is 6.97 Å². The maximum absolute atomic E-state index is 16.4. The number of benzene rings is 1. The van der Waals surface area contributed by atoms with E-state index in [4.69, 9.17) is 0 Å². The summed E-state index contributed by atoms with van der Waals surface area (Å²) in [5, 5.41) is 3.02. The maximum Gasteiger partial charge on any atom is 0.737 e. The Morgan fingerprint density at radius 1 is 1.07 bits per heavy atom. The molecule has 40 heavy (non-hydrogen) atoms. The molecule has 1 aliphatic carbocycles. The summed E-state index contributed by atoms with van der Waals surface area (Å²) in [6.45, 7) is 11.6. The predicted molar refractivity (Wildman–Crippen MR) is 161 cm³/mol. The molecule has 3 heterocycles. The number of anilines is 1. The summed E-state index contributed by atoms with van der Waals surface area (Å²) in [6, 6.07) is 7.61. The second-order valence-electron chi connectivity index (χ2n) is 11.8. The number of nitrogens with zero attached hydrogens (tertiary/aromatic N) is 2. The van der Waals surface area contributed by atoms with Crippen LogP contribution in [-0.4, -0.2) is 27.6 Å². The molecule has 1 aromatic heterocycles. The van der Waals surface area contributed by atoms with E-state index in [0.29, 0.717) is 47.7 Å². The first-order valence-corrected chi connectivity index (χ1v) is 14.2. The fourth-order valence-electron chi connectivity index (χ4n) is 6.93. The molecule has 1 N–H and O–H groups in total. The van der Waals surface area contributed by atoms with Gasteiger partial charge in [-0.15, -0.1) is 5.73 Å². The molecule has 1 amide bonds. The van der Waals surface area contributed by atoms with Gasteiger partial charge in [0.05, 0.1) is 5.57 Å².